The van der Waals surface area contributed by atoms with Crippen LogP contribution in [0.4, 0.5) is 11.4 Å². The number of ether oxygens (including phenoxy) is 1. The summed E-state index contributed by atoms with van der Waals surface area (Å²) in [5.41, 5.74) is 3.48. The number of hydrogen-bond acceptors (Lipinski definition) is 5. The fraction of sp³-hybridized carbons (Fsp3) is 0.233. The molecular weight excluding hydrogens is 452 g/mol. The third kappa shape index (κ3) is 2.87. The van der Waals surface area contributed by atoms with Crippen LogP contribution in [0.25, 0.3) is 6.08 Å². The maximum Gasteiger partial charge on any atom is 0.238 e. The lowest BCUT2D eigenvalue weighted by Gasteiger charge is -2.37. The zero-order chi connectivity index (χ0) is 25.2. The van der Waals surface area contributed by atoms with Gasteiger partial charge in [-0.25, -0.2) is 0 Å². The molecule has 0 radical (unpaired) electrons. The molecule has 0 unspecified atom stereocenters. The van der Waals surface area contributed by atoms with Crippen molar-refractivity contribution in [3.8, 4) is 5.75 Å². The van der Waals surface area contributed by atoms with Crippen molar-refractivity contribution in [1.82, 2.24) is 0 Å². The Hall–Kier alpha value is -4.19. The molecule has 3 aliphatic heterocycles. The van der Waals surface area contributed by atoms with Gasteiger partial charge in [0.05, 0.1) is 25.1 Å². The highest BCUT2D eigenvalue weighted by Crippen LogP contribution is 2.57. The predicted molar refractivity (Wildman–Crippen MR) is 139 cm³/mol. The van der Waals surface area contributed by atoms with Crippen molar-refractivity contribution < 1.29 is 19.1 Å². The molecule has 4 atom stereocenters. The first-order chi connectivity index (χ1) is 17.4. The molecule has 6 rings (SSSR count). The molecule has 3 aliphatic rings. The van der Waals surface area contributed by atoms with Crippen LogP contribution >= 0.6 is 0 Å². The SMILES string of the molecule is COc1cccc(C(=O)[C@@H]2[C@@H](C(C)=O)N3c4ccc(C)cc4C=C[C@H]3[C@]23C(=O)Nc2ccccc23)c1. The number of aryl methyl sites for hydroxylation is 1. The number of para-hydroxylation sites is 1. The summed E-state index contributed by atoms with van der Waals surface area (Å²) in [6, 6.07) is 19.1. The third-order valence-corrected chi connectivity index (χ3v) is 7.84. The number of methoxy groups -OCH3 is 1. The summed E-state index contributed by atoms with van der Waals surface area (Å²) < 4.78 is 5.37. The van der Waals surface area contributed by atoms with Crippen LogP contribution in [0.2, 0.25) is 0 Å². The summed E-state index contributed by atoms with van der Waals surface area (Å²) in [6.07, 6.45) is 3.99. The van der Waals surface area contributed by atoms with Crippen molar-refractivity contribution in [3.63, 3.8) is 0 Å². The van der Waals surface area contributed by atoms with E-state index in [1.807, 2.05) is 60.4 Å². The van der Waals surface area contributed by atoms with Crippen LogP contribution in [0, 0.1) is 12.8 Å². The Morgan fingerprint density at radius 2 is 1.83 bits per heavy atom. The minimum absolute atomic E-state index is 0.155. The maximum atomic E-state index is 14.4. The number of anilines is 2. The highest BCUT2D eigenvalue weighted by molar-refractivity contribution is 6.16. The van der Waals surface area contributed by atoms with Gasteiger partial charge in [-0.05, 0) is 55.3 Å². The number of rotatable bonds is 4. The van der Waals surface area contributed by atoms with Crippen molar-refractivity contribution >= 4 is 34.9 Å². The highest BCUT2D eigenvalue weighted by atomic mass is 16.5. The Labute approximate surface area is 209 Å². The van der Waals surface area contributed by atoms with E-state index in [4.69, 9.17) is 4.74 Å². The number of amides is 1. The lowest BCUT2D eigenvalue weighted by atomic mass is 9.64. The molecule has 3 heterocycles. The van der Waals surface area contributed by atoms with Gasteiger partial charge in [0, 0.05) is 16.9 Å². The van der Waals surface area contributed by atoms with Crippen LogP contribution in [0.15, 0.2) is 72.8 Å². The molecule has 0 bridgehead atoms. The fourth-order valence-electron chi connectivity index (χ4n) is 6.41. The first-order valence-corrected chi connectivity index (χ1v) is 12.0. The summed E-state index contributed by atoms with van der Waals surface area (Å²) >= 11 is 0. The Balaban J connectivity index is 1.65. The number of carbonyl (C=O) groups is 3. The number of nitrogens with zero attached hydrogens (tertiary/aromatic N) is 1. The van der Waals surface area contributed by atoms with Crippen molar-refractivity contribution in [3.05, 3.63) is 95.1 Å². The molecule has 0 aliphatic carbocycles. The van der Waals surface area contributed by atoms with Crippen molar-refractivity contribution in [2.24, 2.45) is 5.92 Å². The minimum atomic E-state index is -1.27. The molecule has 36 heavy (non-hydrogen) atoms. The van der Waals surface area contributed by atoms with Crippen molar-refractivity contribution in [1.29, 1.82) is 0 Å². The molecule has 6 nitrogen and oxygen atoms in total. The molecule has 180 valence electrons. The largest absolute Gasteiger partial charge is 0.497 e. The summed E-state index contributed by atoms with van der Waals surface area (Å²) in [7, 11) is 1.55. The van der Waals surface area contributed by atoms with Gasteiger partial charge in [0.15, 0.2) is 11.6 Å². The zero-order valence-electron chi connectivity index (χ0n) is 20.3. The lowest BCUT2D eigenvalue weighted by molar-refractivity contribution is -0.122. The summed E-state index contributed by atoms with van der Waals surface area (Å²) in [4.78, 5) is 43.9. The van der Waals surface area contributed by atoms with E-state index in [0.29, 0.717) is 17.0 Å². The molecular formula is C30H26N2O4. The van der Waals surface area contributed by atoms with Crippen molar-refractivity contribution in [2.75, 3.05) is 17.3 Å². The number of hydrogen-bond donors (Lipinski definition) is 1. The van der Waals surface area contributed by atoms with E-state index in [1.165, 1.54) is 6.92 Å². The number of benzene rings is 3. The predicted octanol–water partition coefficient (Wildman–Crippen LogP) is 4.57. The van der Waals surface area contributed by atoms with Crippen LogP contribution in [-0.2, 0) is 15.0 Å². The van der Waals surface area contributed by atoms with Gasteiger partial charge < -0.3 is 15.0 Å². The van der Waals surface area contributed by atoms with Crippen LogP contribution in [0.5, 0.6) is 5.75 Å². The Morgan fingerprint density at radius 1 is 1.03 bits per heavy atom. The van der Waals surface area contributed by atoms with Crippen molar-refractivity contribution in [2.45, 2.75) is 31.3 Å². The van der Waals surface area contributed by atoms with E-state index >= 15 is 0 Å². The molecule has 1 fully saturated rings. The zero-order valence-corrected chi connectivity index (χ0v) is 20.3. The van der Waals surface area contributed by atoms with Gasteiger partial charge in [0.25, 0.3) is 0 Å². The van der Waals surface area contributed by atoms with Gasteiger partial charge in [-0.3, -0.25) is 14.4 Å². The molecule has 0 saturated carbocycles. The summed E-state index contributed by atoms with van der Waals surface area (Å²) in [5.74, 6) is -1.06. The molecule has 1 saturated heterocycles. The average Bonchev–Trinajstić information content (AvgIpc) is 3.36. The average molecular weight is 479 g/mol. The molecule has 0 aromatic heterocycles. The minimum Gasteiger partial charge on any atom is -0.497 e. The fourth-order valence-corrected chi connectivity index (χ4v) is 6.41. The quantitative estimate of drug-likeness (QED) is 0.556. The first-order valence-electron chi connectivity index (χ1n) is 12.0. The Morgan fingerprint density at radius 3 is 2.61 bits per heavy atom. The highest BCUT2D eigenvalue weighted by Gasteiger charge is 2.69. The smallest absolute Gasteiger partial charge is 0.238 e. The Bertz CT molecular complexity index is 1480. The second kappa shape index (κ2) is 7.92. The standard InChI is InChI=1S/C30H26N2O4/c1-17-11-13-24-19(15-17)12-14-25-30(22-9-4-5-10-23(22)31-29(30)35)26(27(18(2)33)32(24)25)28(34)20-7-6-8-21(16-20)36-3/h4-16,25-27H,1-3H3,(H,31,35)/t25-,26-,27+,30-/m0/s1. The summed E-state index contributed by atoms with van der Waals surface area (Å²) in [5, 5.41) is 3.03. The molecule has 3 aromatic carbocycles. The molecule has 3 aromatic rings. The molecule has 6 heteroatoms. The summed E-state index contributed by atoms with van der Waals surface area (Å²) in [6.45, 7) is 3.53. The second-order valence-corrected chi connectivity index (χ2v) is 9.77. The van der Waals surface area contributed by atoms with E-state index in [0.717, 1.165) is 22.4 Å². The number of Topliss-reactive ketones (excluding diaryl/α,β-unsaturated/α-hetero) is 2. The van der Waals surface area contributed by atoms with Gasteiger partial charge in [-0.1, -0.05) is 54.1 Å². The Kier molecular flexibility index (Phi) is 4.90. The van der Waals surface area contributed by atoms with Crippen LogP contribution in [0.1, 0.15) is 34.0 Å². The maximum absolute atomic E-state index is 14.4. The first kappa shape index (κ1) is 22.3. The van der Waals surface area contributed by atoms with Gasteiger partial charge in [-0.15, -0.1) is 0 Å². The number of fused-ring (bicyclic) bond motifs is 6. The van der Waals surface area contributed by atoms with Crippen LogP contribution in [0.3, 0.4) is 0 Å². The van der Waals surface area contributed by atoms with Crippen LogP contribution < -0.4 is 15.0 Å². The van der Waals surface area contributed by atoms with Gasteiger partial charge in [0.1, 0.15) is 11.2 Å². The number of carbonyl (C=O) groups excluding carboxylic acids is 3. The van der Waals surface area contributed by atoms with Gasteiger partial charge >= 0.3 is 0 Å². The van der Waals surface area contributed by atoms with E-state index in [9.17, 15) is 14.4 Å². The molecule has 1 amide bonds. The van der Waals surface area contributed by atoms with Gasteiger partial charge in [0.2, 0.25) is 5.91 Å². The van der Waals surface area contributed by atoms with Crippen LogP contribution in [-0.4, -0.2) is 36.7 Å². The van der Waals surface area contributed by atoms with E-state index in [1.54, 1.807) is 31.4 Å². The van der Waals surface area contributed by atoms with E-state index in [2.05, 4.69) is 11.4 Å². The molecule has 1 N–H and O–H groups in total. The van der Waals surface area contributed by atoms with E-state index in [-0.39, 0.29) is 17.5 Å². The number of nitrogens with one attached hydrogen (secondary N) is 1. The van der Waals surface area contributed by atoms with Gasteiger partial charge in [-0.2, -0.15) is 0 Å². The lowest BCUT2D eigenvalue weighted by Crippen LogP contribution is -2.51. The monoisotopic (exact) mass is 478 g/mol. The normalized spacial score (nSPS) is 25.2. The third-order valence-electron chi connectivity index (χ3n) is 7.84. The molecule has 1 spiro atoms. The number of ketones is 2. The topological polar surface area (TPSA) is 75.7 Å². The second-order valence-electron chi connectivity index (χ2n) is 9.77. The van der Waals surface area contributed by atoms with E-state index < -0.39 is 23.4 Å².